The zero-order chi connectivity index (χ0) is 32.0. The van der Waals surface area contributed by atoms with Gasteiger partial charge in [-0.1, -0.05) is 12.1 Å². The van der Waals surface area contributed by atoms with Crippen molar-refractivity contribution in [2.75, 3.05) is 12.3 Å². The maximum Gasteiger partial charge on any atom is 0.272 e. The zero-order valence-electron chi connectivity index (χ0n) is 23.8. The molecule has 1 fully saturated rings. The molecule has 1 saturated carbocycles. The molecule has 0 amide bonds. The molecule has 9 nitrogen and oxygen atoms in total. The Balaban J connectivity index is 1.24. The molecule has 234 valence electrons. The molecule has 6 rings (SSSR count). The van der Waals surface area contributed by atoms with Crippen molar-refractivity contribution in [1.82, 2.24) is 14.8 Å². The third-order valence-corrected chi connectivity index (χ3v) is 9.74. The Morgan fingerprint density at radius 2 is 1.87 bits per heavy atom. The van der Waals surface area contributed by atoms with Crippen molar-refractivity contribution in [2.24, 2.45) is 0 Å². The molecule has 0 spiro atoms. The average Bonchev–Trinajstić information content (AvgIpc) is 3.68. The van der Waals surface area contributed by atoms with Crippen LogP contribution in [0.4, 0.5) is 23.4 Å². The van der Waals surface area contributed by atoms with Gasteiger partial charge in [0.1, 0.15) is 18.2 Å². The fourth-order valence-corrected chi connectivity index (χ4v) is 6.86. The first-order valence-corrected chi connectivity index (χ1v) is 15.6. The largest absolute Gasteiger partial charge is 0.487 e. The van der Waals surface area contributed by atoms with E-state index in [-0.39, 0.29) is 40.7 Å². The maximum atomic E-state index is 14.0. The number of carbonyl (C=O) groups is 1. The van der Waals surface area contributed by atoms with Gasteiger partial charge in [0.05, 0.1) is 34.6 Å². The number of fused-ring (bicyclic) bond motifs is 1. The molecule has 2 aromatic carbocycles. The number of pyridine rings is 1. The third-order valence-electron chi connectivity index (χ3n) is 7.54. The van der Waals surface area contributed by atoms with E-state index in [1.54, 1.807) is 19.1 Å². The minimum Gasteiger partial charge on any atom is -0.487 e. The molecular weight excluding hydrogens is 616 g/mol. The number of Topliss-reactive ketones (excluding diaryl/α,β-unsaturated/α-hetero) is 1. The topological polar surface area (TPSA) is 126 Å². The summed E-state index contributed by atoms with van der Waals surface area (Å²) in [5.74, 6) is -3.19. The van der Waals surface area contributed by atoms with Crippen LogP contribution in [0.2, 0.25) is 0 Å². The first-order valence-electron chi connectivity index (χ1n) is 13.9. The number of para-hydroxylation sites is 1. The van der Waals surface area contributed by atoms with Crippen LogP contribution in [0.25, 0.3) is 11.8 Å². The highest BCUT2D eigenvalue weighted by Crippen LogP contribution is 2.38. The van der Waals surface area contributed by atoms with E-state index in [1.807, 2.05) is 0 Å². The second kappa shape index (κ2) is 11.7. The van der Waals surface area contributed by atoms with Crippen LogP contribution in [0.3, 0.4) is 0 Å². The van der Waals surface area contributed by atoms with Gasteiger partial charge < -0.3 is 15.2 Å². The monoisotopic (exact) mass is 642 g/mol. The van der Waals surface area contributed by atoms with E-state index in [2.05, 4.69) is 10.1 Å². The summed E-state index contributed by atoms with van der Waals surface area (Å²) in [6, 6.07) is 7.83. The number of hydrogen-bond donors (Lipinski definition) is 1. The molecule has 2 aromatic heterocycles. The smallest absolute Gasteiger partial charge is 0.272 e. The number of benzene rings is 2. The van der Waals surface area contributed by atoms with Gasteiger partial charge in [0, 0.05) is 23.6 Å². The second-order valence-corrected chi connectivity index (χ2v) is 13.1. The summed E-state index contributed by atoms with van der Waals surface area (Å²) in [5, 5.41) is 3.80. The van der Waals surface area contributed by atoms with E-state index in [9.17, 15) is 30.8 Å². The van der Waals surface area contributed by atoms with Crippen LogP contribution in [0.15, 0.2) is 54.4 Å². The van der Waals surface area contributed by atoms with Gasteiger partial charge >= 0.3 is 0 Å². The fraction of sp³-hybridized carbons (Fsp3) is 0.258. The van der Waals surface area contributed by atoms with Gasteiger partial charge in [-0.2, -0.15) is 5.10 Å². The quantitative estimate of drug-likeness (QED) is 0.161. The Morgan fingerprint density at radius 3 is 2.53 bits per heavy atom. The molecule has 0 saturated heterocycles. The number of allylic oxidation sites excluding steroid dienone is 1. The molecule has 0 bridgehead atoms. The van der Waals surface area contributed by atoms with Crippen LogP contribution in [-0.4, -0.2) is 47.2 Å². The fourth-order valence-electron chi connectivity index (χ4n) is 5.11. The summed E-state index contributed by atoms with van der Waals surface area (Å²) in [7, 11) is -3.47. The number of ketones is 1. The number of alkyl halides is 2. The van der Waals surface area contributed by atoms with Gasteiger partial charge in [-0.05, 0) is 60.7 Å². The number of carbonyl (C=O) groups excluding carboxylic acids is 1. The normalized spacial score (nSPS) is 14.4. The van der Waals surface area contributed by atoms with Crippen molar-refractivity contribution in [3.8, 4) is 23.1 Å². The van der Waals surface area contributed by atoms with Crippen molar-refractivity contribution in [3.63, 3.8) is 0 Å². The lowest BCUT2D eigenvalue weighted by Gasteiger charge is -2.14. The summed E-state index contributed by atoms with van der Waals surface area (Å²) in [6.45, 7) is 0.775. The predicted molar refractivity (Wildman–Crippen MR) is 157 cm³/mol. The maximum absolute atomic E-state index is 14.0. The van der Waals surface area contributed by atoms with Crippen molar-refractivity contribution >= 4 is 27.5 Å². The van der Waals surface area contributed by atoms with Crippen molar-refractivity contribution in [2.45, 2.75) is 43.6 Å². The Hall–Kier alpha value is -4.72. The van der Waals surface area contributed by atoms with Gasteiger partial charge in [0.2, 0.25) is 11.6 Å². The molecule has 2 heterocycles. The number of halogens is 4. The summed E-state index contributed by atoms with van der Waals surface area (Å²) < 4.78 is 91.1. The third kappa shape index (κ3) is 6.14. The number of nitrogen functional groups attached to an aromatic ring is 1. The molecule has 0 atom stereocenters. The second-order valence-electron chi connectivity index (χ2n) is 10.9. The average molecular weight is 643 g/mol. The number of aryl methyl sites for hydroxylation is 1. The highest BCUT2D eigenvalue weighted by Gasteiger charge is 2.36. The lowest BCUT2D eigenvalue weighted by atomic mass is 10.0. The summed E-state index contributed by atoms with van der Waals surface area (Å²) >= 11 is 0. The first-order chi connectivity index (χ1) is 21.4. The van der Waals surface area contributed by atoms with E-state index in [4.69, 9.17) is 15.2 Å². The van der Waals surface area contributed by atoms with Crippen LogP contribution in [0, 0.1) is 18.6 Å². The number of nitrogens with zero attached hydrogens (tertiary/aromatic N) is 3. The predicted octanol–water partition coefficient (Wildman–Crippen LogP) is 5.77. The van der Waals surface area contributed by atoms with Gasteiger partial charge in [0.15, 0.2) is 27.3 Å². The summed E-state index contributed by atoms with van der Waals surface area (Å²) in [6.07, 6.45) is 2.76. The summed E-state index contributed by atoms with van der Waals surface area (Å²) in [5.41, 5.74) is 9.14. The zero-order valence-corrected chi connectivity index (χ0v) is 24.6. The lowest BCUT2D eigenvalue weighted by Crippen LogP contribution is -2.13. The molecule has 0 unspecified atom stereocenters. The van der Waals surface area contributed by atoms with E-state index < -0.39 is 51.3 Å². The number of nitrogens with two attached hydrogens (primary N) is 1. The minimum atomic E-state index is -3.47. The van der Waals surface area contributed by atoms with Crippen LogP contribution >= 0.6 is 0 Å². The van der Waals surface area contributed by atoms with Gasteiger partial charge in [-0.15, -0.1) is 0 Å². The summed E-state index contributed by atoms with van der Waals surface area (Å²) in [4.78, 5) is 17.7. The van der Waals surface area contributed by atoms with Crippen molar-refractivity contribution in [1.29, 1.82) is 0 Å². The molecule has 2 aliphatic carbocycles. The number of hydrogen-bond acceptors (Lipinski definition) is 8. The Morgan fingerprint density at radius 1 is 1.13 bits per heavy atom. The number of ether oxygens (including phenoxy) is 2. The molecule has 0 radical (unpaired) electrons. The standard InChI is InChI=1S/C31H26F4N4O5S/c1-16-7-28(44-30-23(32)3-2-4-24(30)33)37-13-25(16)39-31(36)22(12-38-39)29(40)19-8-17-10-20(15-45(41,42)21-5-6-21)26(11-18(17)9-19)43-14-27(34)35/h2-4,7,9-13,21,27H,5-6,8,14-15,36H2,1H3. The van der Waals surface area contributed by atoms with Crippen molar-refractivity contribution in [3.05, 3.63) is 93.8 Å². The number of anilines is 1. The minimum absolute atomic E-state index is 0.00717. The van der Waals surface area contributed by atoms with Gasteiger partial charge in [0.25, 0.3) is 6.43 Å². The van der Waals surface area contributed by atoms with Crippen molar-refractivity contribution < 1.29 is 40.2 Å². The molecule has 2 N–H and O–H groups in total. The highest BCUT2D eigenvalue weighted by atomic mass is 32.2. The van der Waals surface area contributed by atoms with E-state index >= 15 is 0 Å². The molecule has 14 heteroatoms. The van der Waals surface area contributed by atoms with Crippen LogP contribution in [0.5, 0.6) is 17.4 Å². The molecule has 4 aromatic rings. The van der Waals surface area contributed by atoms with E-state index in [1.165, 1.54) is 35.3 Å². The van der Waals surface area contributed by atoms with Crippen LogP contribution in [-0.2, 0) is 22.0 Å². The number of aromatic nitrogens is 3. The molecule has 2 aliphatic rings. The van der Waals surface area contributed by atoms with E-state index in [0.29, 0.717) is 40.8 Å². The lowest BCUT2D eigenvalue weighted by molar-refractivity contribution is 0.0815. The van der Waals surface area contributed by atoms with Gasteiger partial charge in [-0.3, -0.25) is 4.79 Å². The first kappa shape index (κ1) is 30.3. The van der Waals surface area contributed by atoms with Gasteiger partial charge in [-0.25, -0.2) is 35.6 Å². The van der Waals surface area contributed by atoms with Crippen LogP contribution < -0.4 is 15.2 Å². The molecule has 45 heavy (non-hydrogen) atoms. The SMILES string of the molecule is Cc1cc(Oc2c(F)cccc2F)ncc1-n1ncc(C(=O)C2=Cc3cc(OCC(F)F)c(CS(=O)(=O)C4CC4)cc3C2)c1N. The number of rotatable bonds is 11. The molecular formula is C31H26F4N4O5S. The highest BCUT2D eigenvalue weighted by molar-refractivity contribution is 7.91. The van der Waals surface area contributed by atoms with E-state index in [0.717, 1.165) is 12.1 Å². The number of sulfone groups is 1. The Labute approximate surface area is 255 Å². The Kier molecular flexibility index (Phi) is 7.85. The Bertz CT molecular complexity index is 1950. The molecule has 0 aliphatic heterocycles. The van der Waals surface area contributed by atoms with Crippen LogP contribution in [0.1, 0.15) is 45.5 Å².